The van der Waals surface area contributed by atoms with Gasteiger partial charge in [0.25, 0.3) is 0 Å². The van der Waals surface area contributed by atoms with Crippen molar-refractivity contribution >= 4 is 6.29 Å². The fourth-order valence-electron chi connectivity index (χ4n) is 2.60. The van der Waals surface area contributed by atoms with E-state index in [4.69, 9.17) is 0 Å². The van der Waals surface area contributed by atoms with Gasteiger partial charge in [0.2, 0.25) is 0 Å². The quantitative estimate of drug-likeness (QED) is 0.507. The van der Waals surface area contributed by atoms with E-state index >= 15 is 0 Å². The Labute approximate surface area is 93.9 Å². The van der Waals surface area contributed by atoms with E-state index < -0.39 is 0 Å². The van der Waals surface area contributed by atoms with Crippen LogP contribution in [0.5, 0.6) is 0 Å². The molecule has 0 aliphatic heterocycles. The maximum absolute atomic E-state index is 10.7. The average Bonchev–Trinajstić information content (AvgIpc) is 2.17. The van der Waals surface area contributed by atoms with Crippen molar-refractivity contribution in [2.75, 3.05) is 0 Å². The topological polar surface area (TPSA) is 17.1 Å². The van der Waals surface area contributed by atoms with E-state index in [1.165, 1.54) is 18.4 Å². The molecule has 3 unspecified atom stereocenters. The van der Waals surface area contributed by atoms with Gasteiger partial charge < -0.3 is 4.79 Å². The minimum Gasteiger partial charge on any atom is -0.303 e. The van der Waals surface area contributed by atoms with Crippen LogP contribution >= 0.6 is 0 Å². The first-order valence-electron chi connectivity index (χ1n) is 6.20. The van der Waals surface area contributed by atoms with Crippen molar-refractivity contribution in [1.82, 2.24) is 0 Å². The summed E-state index contributed by atoms with van der Waals surface area (Å²) in [4.78, 5) is 10.7. The normalized spacial score (nSPS) is 28.7. The molecule has 0 bridgehead atoms. The van der Waals surface area contributed by atoms with Crippen molar-refractivity contribution in [2.45, 2.75) is 47.0 Å². The Morgan fingerprint density at radius 3 is 2.60 bits per heavy atom. The van der Waals surface area contributed by atoms with Crippen LogP contribution in [0.4, 0.5) is 0 Å². The van der Waals surface area contributed by atoms with Crippen LogP contribution < -0.4 is 0 Å². The Hall–Kier alpha value is -0.590. The molecule has 1 aliphatic carbocycles. The summed E-state index contributed by atoms with van der Waals surface area (Å²) in [6.07, 6.45) is 7.07. The zero-order valence-electron chi connectivity index (χ0n) is 10.5. The highest BCUT2D eigenvalue weighted by Crippen LogP contribution is 2.36. The number of rotatable bonds is 4. The van der Waals surface area contributed by atoms with Gasteiger partial charge in [-0.15, -0.1) is 0 Å². The second-order valence-corrected chi connectivity index (χ2v) is 5.46. The number of carbonyl (C=O) groups excluding carboxylic acids is 1. The number of carbonyl (C=O) groups is 1. The lowest BCUT2D eigenvalue weighted by molar-refractivity contribution is -0.110. The van der Waals surface area contributed by atoms with Gasteiger partial charge in [-0.3, -0.25) is 0 Å². The van der Waals surface area contributed by atoms with Crippen LogP contribution in [0.15, 0.2) is 11.6 Å². The third-order valence-corrected chi connectivity index (χ3v) is 3.50. The molecular formula is C14H24O. The van der Waals surface area contributed by atoms with Crippen LogP contribution in [0, 0.1) is 23.7 Å². The second kappa shape index (κ2) is 5.48. The zero-order chi connectivity index (χ0) is 11.4. The predicted octanol–water partition coefficient (Wildman–Crippen LogP) is 3.84. The monoisotopic (exact) mass is 208 g/mol. The summed E-state index contributed by atoms with van der Waals surface area (Å²) >= 11 is 0. The SMILES string of the molecule is CC1C=C(CC(C)C=O)C(C(C)C)CC1. The van der Waals surface area contributed by atoms with Gasteiger partial charge in [0.15, 0.2) is 0 Å². The minimum absolute atomic E-state index is 0.183. The highest BCUT2D eigenvalue weighted by Gasteiger charge is 2.24. The van der Waals surface area contributed by atoms with Gasteiger partial charge in [-0.2, -0.15) is 0 Å². The van der Waals surface area contributed by atoms with Gasteiger partial charge in [0.1, 0.15) is 6.29 Å². The summed E-state index contributed by atoms with van der Waals surface area (Å²) in [5, 5.41) is 0. The second-order valence-electron chi connectivity index (χ2n) is 5.46. The van der Waals surface area contributed by atoms with Crippen LogP contribution in [0.3, 0.4) is 0 Å². The fraction of sp³-hybridized carbons (Fsp3) is 0.786. The summed E-state index contributed by atoms with van der Waals surface area (Å²) in [6.45, 7) is 8.88. The van der Waals surface area contributed by atoms with Crippen LogP contribution in [-0.4, -0.2) is 6.29 Å². The molecule has 0 aromatic heterocycles. The van der Waals surface area contributed by atoms with Crippen molar-refractivity contribution < 1.29 is 4.79 Å². The predicted molar refractivity (Wildman–Crippen MR) is 64.7 cm³/mol. The van der Waals surface area contributed by atoms with Crippen LogP contribution in [-0.2, 0) is 4.79 Å². The first-order valence-corrected chi connectivity index (χ1v) is 6.20. The Morgan fingerprint density at radius 1 is 1.40 bits per heavy atom. The van der Waals surface area contributed by atoms with E-state index in [0.717, 1.165) is 12.7 Å². The lowest BCUT2D eigenvalue weighted by atomic mass is 9.75. The zero-order valence-corrected chi connectivity index (χ0v) is 10.5. The van der Waals surface area contributed by atoms with E-state index in [9.17, 15) is 4.79 Å². The molecule has 0 aromatic rings. The number of hydrogen-bond donors (Lipinski definition) is 0. The Balaban J connectivity index is 2.73. The molecule has 0 aromatic carbocycles. The molecule has 0 N–H and O–H groups in total. The standard InChI is InChI=1S/C14H24O/c1-10(2)14-6-5-11(3)7-13(14)8-12(4)9-15/h7,9-12,14H,5-6,8H2,1-4H3. The summed E-state index contributed by atoms with van der Waals surface area (Å²) < 4.78 is 0. The smallest absolute Gasteiger partial charge is 0.123 e. The van der Waals surface area contributed by atoms with Crippen molar-refractivity contribution in [3.63, 3.8) is 0 Å². The van der Waals surface area contributed by atoms with Crippen LogP contribution in [0.2, 0.25) is 0 Å². The van der Waals surface area contributed by atoms with Crippen molar-refractivity contribution in [3.05, 3.63) is 11.6 Å². The largest absolute Gasteiger partial charge is 0.303 e. The Kier molecular flexibility index (Phi) is 4.56. The molecule has 0 spiro atoms. The molecule has 0 radical (unpaired) electrons. The molecule has 1 rings (SSSR count). The lowest BCUT2D eigenvalue weighted by Gasteiger charge is -2.31. The molecule has 0 saturated heterocycles. The average molecular weight is 208 g/mol. The van der Waals surface area contributed by atoms with E-state index in [1.54, 1.807) is 0 Å². The van der Waals surface area contributed by atoms with Gasteiger partial charge in [0.05, 0.1) is 0 Å². The molecule has 86 valence electrons. The number of hydrogen-bond acceptors (Lipinski definition) is 1. The van der Waals surface area contributed by atoms with Crippen LogP contribution in [0.1, 0.15) is 47.0 Å². The minimum atomic E-state index is 0.183. The van der Waals surface area contributed by atoms with Crippen molar-refractivity contribution in [1.29, 1.82) is 0 Å². The highest BCUT2D eigenvalue weighted by atomic mass is 16.1. The maximum Gasteiger partial charge on any atom is 0.123 e. The first kappa shape index (κ1) is 12.5. The van der Waals surface area contributed by atoms with Gasteiger partial charge in [-0.25, -0.2) is 0 Å². The number of aldehydes is 1. The van der Waals surface area contributed by atoms with E-state index in [2.05, 4.69) is 26.8 Å². The van der Waals surface area contributed by atoms with Crippen molar-refractivity contribution in [2.24, 2.45) is 23.7 Å². The van der Waals surface area contributed by atoms with E-state index in [0.29, 0.717) is 17.8 Å². The van der Waals surface area contributed by atoms with Gasteiger partial charge in [-0.1, -0.05) is 39.3 Å². The van der Waals surface area contributed by atoms with E-state index in [1.807, 2.05) is 6.92 Å². The number of allylic oxidation sites excluding steroid dienone is 2. The molecule has 0 heterocycles. The fourth-order valence-corrected chi connectivity index (χ4v) is 2.60. The van der Waals surface area contributed by atoms with Gasteiger partial charge in [0, 0.05) is 5.92 Å². The summed E-state index contributed by atoms with van der Waals surface area (Å²) in [5.74, 6) is 2.31. The summed E-state index contributed by atoms with van der Waals surface area (Å²) in [7, 11) is 0. The Morgan fingerprint density at radius 2 is 2.07 bits per heavy atom. The third-order valence-electron chi connectivity index (χ3n) is 3.50. The molecule has 0 fully saturated rings. The molecule has 1 nitrogen and oxygen atoms in total. The summed E-state index contributed by atoms with van der Waals surface area (Å²) in [5.41, 5.74) is 1.53. The van der Waals surface area contributed by atoms with Gasteiger partial charge in [-0.05, 0) is 37.0 Å². The molecule has 0 saturated carbocycles. The van der Waals surface area contributed by atoms with Crippen molar-refractivity contribution in [3.8, 4) is 0 Å². The van der Waals surface area contributed by atoms with Gasteiger partial charge >= 0.3 is 0 Å². The molecule has 1 aliphatic rings. The lowest BCUT2D eigenvalue weighted by Crippen LogP contribution is -2.19. The molecular weight excluding hydrogens is 184 g/mol. The molecule has 3 atom stereocenters. The first-order chi connectivity index (χ1) is 7.04. The highest BCUT2D eigenvalue weighted by molar-refractivity contribution is 5.53. The third kappa shape index (κ3) is 3.48. The van der Waals surface area contributed by atoms with E-state index in [-0.39, 0.29) is 5.92 Å². The molecule has 15 heavy (non-hydrogen) atoms. The molecule has 1 heteroatoms. The molecule has 0 amide bonds. The Bertz CT molecular complexity index is 240. The maximum atomic E-state index is 10.7. The van der Waals surface area contributed by atoms with Crippen LogP contribution in [0.25, 0.3) is 0 Å². The summed E-state index contributed by atoms with van der Waals surface area (Å²) in [6, 6.07) is 0.